The Balaban J connectivity index is 1.41. The highest BCUT2D eigenvalue weighted by Gasteiger charge is 2.42. The zero-order valence-corrected chi connectivity index (χ0v) is 21.6. The highest BCUT2D eigenvalue weighted by atomic mass is 19.4. The van der Waals surface area contributed by atoms with Crippen molar-refractivity contribution in [2.45, 2.75) is 43.8 Å². The number of nitrogen functional groups attached to an aromatic ring is 2. The van der Waals surface area contributed by atoms with Gasteiger partial charge < -0.3 is 21.3 Å². The number of rotatable bonds is 4. The summed E-state index contributed by atoms with van der Waals surface area (Å²) in [5, 5.41) is 4.92. The topological polar surface area (TPSA) is 123 Å². The lowest BCUT2D eigenvalue weighted by Crippen LogP contribution is -2.46. The number of benzene rings is 1. The van der Waals surface area contributed by atoms with E-state index in [2.05, 4.69) is 23.7 Å². The van der Waals surface area contributed by atoms with Crippen molar-refractivity contribution >= 4 is 23.3 Å². The molecule has 1 aromatic carbocycles. The third-order valence-corrected chi connectivity index (χ3v) is 7.92. The minimum atomic E-state index is -4.77. The van der Waals surface area contributed by atoms with Gasteiger partial charge in [-0.25, -0.2) is 9.67 Å². The van der Waals surface area contributed by atoms with Crippen LogP contribution in [0.25, 0.3) is 5.69 Å². The Bertz CT molecular complexity index is 1500. The summed E-state index contributed by atoms with van der Waals surface area (Å²) in [4.78, 5) is 33.0. The molecule has 1 unspecified atom stereocenters. The van der Waals surface area contributed by atoms with E-state index in [0.29, 0.717) is 31.4 Å². The molecule has 0 radical (unpaired) electrons. The van der Waals surface area contributed by atoms with Crippen LogP contribution in [0.3, 0.4) is 0 Å². The van der Waals surface area contributed by atoms with E-state index in [0.717, 1.165) is 22.6 Å². The number of anilines is 2. The lowest BCUT2D eigenvalue weighted by Gasteiger charge is -2.38. The van der Waals surface area contributed by atoms with E-state index in [4.69, 9.17) is 16.6 Å². The quantitative estimate of drug-likeness (QED) is 0.478. The molecule has 0 spiro atoms. The number of hydrogen-bond donors (Lipinski definition) is 2. The summed E-state index contributed by atoms with van der Waals surface area (Å²) in [7, 11) is 0. The average molecular weight is 552 g/mol. The smallest absolute Gasteiger partial charge is 0.398 e. The first-order chi connectivity index (χ1) is 19.1. The molecule has 1 fully saturated rings. The van der Waals surface area contributed by atoms with Gasteiger partial charge in [0.1, 0.15) is 17.1 Å². The third-order valence-electron chi connectivity index (χ3n) is 7.92. The molecule has 3 aromatic rings. The Morgan fingerprint density at radius 1 is 1.07 bits per heavy atom. The van der Waals surface area contributed by atoms with E-state index < -0.39 is 35.3 Å². The van der Waals surface area contributed by atoms with Gasteiger partial charge >= 0.3 is 6.18 Å². The monoisotopic (exact) mass is 551 g/mol. The van der Waals surface area contributed by atoms with Crippen molar-refractivity contribution in [1.82, 2.24) is 24.6 Å². The van der Waals surface area contributed by atoms with Gasteiger partial charge in [0.15, 0.2) is 0 Å². The Kier molecular flexibility index (Phi) is 6.08. The summed E-state index contributed by atoms with van der Waals surface area (Å²) < 4.78 is 41.7. The summed E-state index contributed by atoms with van der Waals surface area (Å²) in [6.07, 6.45) is -0.225. The van der Waals surface area contributed by atoms with Gasteiger partial charge in [0.2, 0.25) is 5.91 Å². The first-order valence-electron chi connectivity index (χ1n) is 13.1. The number of aromatic nitrogens is 3. The number of amides is 2. The average Bonchev–Trinajstić information content (AvgIpc) is 3.73. The number of carbonyl (C=O) groups excluding carboxylic acids is 2. The molecule has 0 bridgehead atoms. The summed E-state index contributed by atoms with van der Waals surface area (Å²) >= 11 is 0. The fourth-order valence-electron chi connectivity index (χ4n) is 5.79. The van der Waals surface area contributed by atoms with Crippen molar-refractivity contribution in [1.29, 1.82) is 0 Å². The molecule has 208 valence electrons. The van der Waals surface area contributed by atoms with Crippen LogP contribution in [0.5, 0.6) is 0 Å². The number of nitrogens with two attached hydrogens (primary N) is 2. The maximum Gasteiger partial charge on any atom is 0.433 e. The largest absolute Gasteiger partial charge is 0.433 e. The SMILES string of the molecule is C=CC(=O)N1CCc2nn(-c3ccc(C4CC4)cc3)c3c2C(C1)N(C(=O)c1c(N)cc(C(F)(F)F)nc1N)CC3. The highest BCUT2D eigenvalue weighted by molar-refractivity contribution is 6.03. The van der Waals surface area contributed by atoms with Gasteiger partial charge in [0.25, 0.3) is 5.91 Å². The summed E-state index contributed by atoms with van der Waals surface area (Å²) in [5.74, 6) is -0.906. The van der Waals surface area contributed by atoms with E-state index in [9.17, 15) is 22.8 Å². The first kappa shape index (κ1) is 25.9. The normalized spacial score (nSPS) is 18.7. The van der Waals surface area contributed by atoms with Crippen LogP contribution in [-0.2, 0) is 23.8 Å². The molecule has 4 N–H and O–H groups in total. The second kappa shape index (κ2) is 9.39. The molecular formula is C28H28F3N7O2. The maximum absolute atomic E-state index is 13.9. The van der Waals surface area contributed by atoms with E-state index in [-0.39, 0.29) is 24.6 Å². The molecule has 6 rings (SSSR count). The van der Waals surface area contributed by atoms with Crippen LogP contribution in [-0.4, -0.2) is 56.0 Å². The van der Waals surface area contributed by atoms with Gasteiger partial charge in [-0.1, -0.05) is 18.7 Å². The molecule has 0 saturated heterocycles. The Hall–Kier alpha value is -4.35. The number of alkyl halides is 3. The van der Waals surface area contributed by atoms with E-state index in [1.165, 1.54) is 29.4 Å². The second-order valence-electron chi connectivity index (χ2n) is 10.4. The molecule has 2 amide bonds. The lowest BCUT2D eigenvalue weighted by atomic mass is 9.94. The molecule has 2 aliphatic heterocycles. The fourth-order valence-corrected chi connectivity index (χ4v) is 5.79. The Morgan fingerprint density at radius 3 is 2.42 bits per heavy atom. The first-order valence-corrected chi connectivity index (χ1v) is 13.1. The zero-order valence-electron chi connectivity index (χ0n) is 21.6. The molecule has 2 aromatic heterocycles. The predicted octanol–water partition coefficient (Wildman–Crippen LogP) is 3.64. The van der Waals surface area contributed by atoms with Crippen molar-refractivity contribution in [3.63, 3.8) is 0 Å². The second-order valence-corrected chi connectivity index (χ2v) is 10.4. The van der Waals surface area contributed by atoms with Gasteiger partial charge in [-0.15, -0.1) is 0 Å². The zero-order chi connectivity index (χ0) is 28.3. The predicted molar refractivity (Wildman–Crippen MR) is 142 cm³/mol. The van der Waals surface area contributed by atoms with Crippen LogP contribution < -0.4 is 11.5 Å². The van der Waals surface area contributed by atoms with Crippen molar-refractivity contribution in [2.75, 3.05) is 31.1 Å². The van der Waals surface area contributed by atoms with Crippen LogP contribution in [0.4, 0.5) is 24.7 Å². The molecule has 1 atom stereocenters. The number of pyridine rings is 1. The van der Waals surface area contributed by atoms with E-state index in [1.807, 2.05) is 16.8 Å². The molecule has 3 aliphatic rings. The van der Waals surface area contributed by atoms with E-state index >= 15 is 0 Å². The molecule has 1 aliphatic carbocycles. The summed E-state index contributed by atoms with van der Waals surface area (Å²) in [6, 6.07) is 8.34. The van der Waals surface area contributed by atoms with Crippen LogP contribution >= 0.6 is 0 Å². The van der Waals surface area contributed by atoms with Gasteiger partial charge in [0.05, 0.1) is 28.8 Å². The van der Waals surface area contributed by atoms with Gasteiger partial charge in [-0.3, -0.25) is 9.59 Å². The maximum atomic E-state index is 13.9. The molecule has 1 saturated carbocycles. The van der Waals surface area contributed by atoms with Crippen molar-refractivity contribution in [2.24, 2.45) is 0 Å². The van der Waals surface area contributed by atoms with Gasteiger partial charge in [-0.05, 0) is 48.6 Å². The number of nitrogens with zero attached hydrogens (tertiary/aromatic N) is 5. The van der Waals surface area contributed by atoms with Crippen molar-refractivity contribution in [3.8, 4) is 5.69 Å². The molecule has 40 heavy (non-hydrogen) atoms. The van der Waals surface area contributed by atoms with E-state index in [1.54, 1.807) is 4.90 Å². The van der Waals surface area contributed by atoms with Crippen molar-refractivity contribution in [3.05, 3.63) is 76.8 Å². The third kappa shape index (κ3) is 4.37. The van der Waals surface area contributed by atoms with Gasteiger partial charge in [-0.2, -0.15) is 18.3 Å². The fraction of sp³-hybridized carbons (Fsp3) is 0.357. The van der Waals surface area contributed by atoms with Crippen LogP contribution in [0.2, 0.25) is 0 Å². The molecular weight excluding hydrogens is 523 g/mol. The molecule has 9 nitrogen and oxygen atoms in total. The highest BCUT2D eigenvalue weighted by Crippen LogP contribution is 2.41. The van der Waals surface area contributed by atoms with Crippen LogP contribution in [0.1, 0.15) is 63.4 Å². The lowest BCUT2D eigenvalue weighted by molar-refractivity contribution is -0.141. The van der Waals surface area contributed by atoms with Gasteiger partial charge in [0, 0.05) is 38.0 Å². The molecule has 12 heteroatoms. The standard InChI is InChI=1S/C28H28F3N7O2/c1-2-23(39)36-11-9-19-25-20(38(35-19)17-7-5-16(6-8-17)15-3-4-15)10-12-37(21(25)14-36)27(40)24-18(32)13-22(28(29,30)31)34-26(24)33/h2,5-8,13,15,21H,1,3-4,9-12,14H2,(H4,32,33,34). The van der Waals surface area contributed by atoms with Crippen LogP contribution in [0, 0.1) is 0 Å². The van der Waals surface area contributed by atoms with Crippen molar-refractivity contribution < 1.29 is 22.8 Å². The van der Waals surface area contributed by atoms with Crippen LogP contribution in [0.15, 0.2) is 43.0 Å². The minimum Gasteiger partial charge on any atom is -0.398 e. The summed E-state index contributed by atoms with van der Waals surface area (Å²) in [5.41, 5.74) is 14.6. The number of hydrogen-bond acceptors (Lipinski definition) is 6. The molecule has 4 heterocycles. The minimum absolute atomic E-state index is 0.163. The number of halogens is 3. The number of carbonyl (C=O) groups is 2. The summed E-state index contributed by atoms with van der Waals surface area (Å²) in [6.45, 7) is 4.35. The Labute approximate surface area is 228 Å². The Morgan fingerprint density at radius 2 is 1.80 bits per heavy atom.